The summed E-state index contributed by atoms with van der Waals surface area (Å²) >= 11 is 0. The lowest BCUT2D eigenvalue weighted by molar-refractivity contribution is -0.132. The maximum Gasteiger partial charge on any atom is 0.330 e. The van der Waals surface area contributed by atoms with E-state index in [9.17, 15) is 9.90 Å². The number of aliphatic carboxylic acids is 1. The van der Waals surface area contributed by atoms with E-state index in [1.807, 2.05) is 0 Å². The molecular formula is C10H16O3. The summed E-state index contributed by atoms with van der Waals surface area (Å²) in [7, 11) is 0. The third-order valence-electron chi connectivity index (χ3n) is 2.58. The Morgan fingerprint density at radius 3 is 2.54 bits per heavy atom. The first-order valence-corrected chi connectivity index (χ1v) is 4.71. The highest BCUT2D eigenvalue weighted by atomic mass is 16.4. The molecule has 0 aromatic rings. The Morgan fingerprint density at radius 2 is 2.00 bits per heavy atom. The van der Waals surface area contributed by atoms with Crippen LogP contribution in [0.15, 0.2) is 11.6 Å². The summed E-state index contributed by atoms with van der Waals surface area (Å²) in [5, 5.41) is 18.2. The minimum absolute atomic E-state index is 0.0462. The summed E-state index contributed by atoms with van der Waals surface area (Å²) in [6, 6.07) is 0. The molecule has 2 N–H and O–H groups in total. The van der Waals surface area contributed by atoms with Gasteiger partial charge in [-0.2, -0.15) is 0 Å². The third-order valence-corrected chi connectivity index (χ3v) is 2.58. The molecule has 1 rings (SSSR count). The average Bonchev–Trinajstić information content (AvgIpc) is 2.08. The summed E-state index contributed by atoms with van der Waals surface area (Å²) in [6.45, 7) is 1.57. The third kappa shape index (κ3) is 2.84. The predicted octanol–water partition coefficient (Wildman–Crippen LogP) is 1.57. The molecule has 74 valence electrons. The molecule has 3 nitrogen and oxygen atoms in total. The summed E-state index contributed by atoms with van der Waals surface area (Å²) in [5.41, 5.74) is 0.339. The van der Waals surface area contributed by atoms with Crippen LogP contribution in [0, 0.1) is 5.92 Å². The molecule has 2 unspecified atom stereocenters. The van der Waals surface area contributed by atoms with Gasteiger partial charge in [0, 0.05) is 11.5 Å². The van der Waals surface area contributed by atoms with Crippen LogP contribution in [0.2, 0.25) is 0 Å². The first-order chi connectivity index (χ1) is 6.11. The quantitative estimate of drug-likeness (QED) is 0.640. The second kappa shape index (κ2) is 4.42. The monoisotopic (exact) mass is 184 g/mol. The Morgan fingerprint density at radius 1 is 1.38 bits per heavy atom. The molecule has 2 atom stereocenters. The number of carboxylic acid groups (broad SMARTS) is 1. The first kappa shape index (κ1) is 10.3. The van der Waals surface area contributed by atoms with Crippen molar-refractivity contribution in [2.45, 2.75) is 38.7 Å². The predicted molar refractivity (Wildman–Crippen MR) is 49.4 cm³/mol. The van der Waals surface area contributed by atoms with Crippen LogP contribution in [0.3, 0.4) is 0 Å². The molecule has 0 saturated heterocycles. The molecule has 0 heterocycles. The lowest BCUT2D eigenvalue weighted by Gasteiger charge is -2.25. The van der Waals surface area contributed by atoms with Crippen LogP contribution in [-0.2, 0) is 4.79 Å². The van der Waals surface area contributed by atoms with Crippen molar-refractivity contribution in [1.29, 1.82) is 0 Å². The molecule has 0 aliphatic heterocycles. The highest BCUT2D eigenvalue weighted by Crippen LogP contribution is 2.26. The molecule has 1 saturated carbocycles. The average molecular weight is 184 g/mol. The van der Waals surface area contributed by atoms with E-state index in [-0.39, 0.29) is 12.0 Å². The van der Waals surface area contributed by atoms with Gasteiger partial charge >= 0.3 is 5.97 Å². The van der Waals surface area contributed by atoms with Crippen molar-refractivity contribution in [3.05, 3.63) is 11.6 Å². The van der Waals surface area contributed by atoms with Crippen LogP contribution in [0.1, 0.15) is 32.6 Å². The van der Waals surface area contributed by atoms with E-state index in [1.165, 1.54) is 0 Å². The van der Waals surface area contributed by atoms with E-state index in [0.29, 0.717) is 5.57 Å². The number of rotatable bonds is 2. The van der Waals surface area contributed by atoms with E-state index in [0.717, 1.165) is 25.7 Å². The fourth-order valence-corrected chi connectivity index (χ4v) is 1.73. The van der Waals surface area contributed by atoms with Crippen LogP contribution < -0.4 is 0 Å². The van der Waals surface area contributed by atoms with Gasteiger partial charge in [0.2, 0.25) is 0 Å². The zero-order valence-electron chi connectivity index (χ0n) is 7.86. The number of aliphatic hydroxyl groups excluding tert-OH is 1. The minimum atomic E-state index is -0.891. The van der Waals surface area contributed by atoms with Crippen molar-refractivity contribution in [2.75, 3.05) is 0 Å². The molecule has 3 heteroatoms. The molecule has 1 aliphatic carbocycles. The van der Waals surface area contributed by atoms with Gasteiger partial charge in [-0.15, -0.1) is 0 Å². The Kier molecular flexibility index (Phi) is 3.48. The van der Waals surface area contributed by atoms with Crippen LogP contribution in [0.5, 0.6) is 0 Å². The largest absolute Gasteiger partial charge is 0.478 e. The highest BCUT2D eigenvalue weighted by Gasteiger charge is 2.21. The van der Waals surface area contributed by atoms with Crippen LogP contribution in [0.4, 0.5) is 0 Å². The van der Waals surface area contributed by atoms with E-state index in [4.69, 9.17) is 5.11 Å². The SMILES string of the molecule is CC(=CC1CCCCC1O)C(=O)O. The van der Waals surface area contributed by atoms with Gasteiger partial charge in [-0.3, -0.25) is 0 Å². The fourth-order valence-electron chi connectivity index (χ4n) is 1.73. The molecule has 1 aliphatic rings. The standard InChI is InChI=1S/C10H16O3/c1-7(10(12)13)6-8-4-2-3-5-9(8)11/h6,8-9,11H,2-5H2,1H3,(H,12,13). The molecule has 1 fully saturated rings. The van der Waals surface area contributed by atoms with Crippen LogP contribution >= 0.6 is 0 Å². The van der Waals surface area contributed by atoms with Gasteiger partial charge in [0.15, 0.2) is 0 Å². The van der Waals surface area contributed by atoms with Crippen molar-refractivity contribution in [1.82, 2.24) is 0 Å². The summed E-state index contributed by atoms with van der Waals surface area (Å²) in [5.74, 6) is -0.845. The van der Waals surface area contributed by atoms with E-state index in [2.05, 4.69) is 0 Å². The lowest BCUT2D eigenvalue weighted by Crippen LogP contribution is -2.23. The number of aliphatic hydroxyl groups is 1. The number of hydrogen-bond acceptors (Lipinski definition) is 2. The van der Waals surface area contributed by atoms with Gasteiger partial charge in [0.05, 0.1) is 6.10 Å². The van der Waals surface area contributed by atoms with Gasteiger partial charge in [-0.1, -0.05) is 18.9 Å². The molecular weight excluding hydrogens is 168 g/mol. The van der Waals surface area contributed by atoms with Crippen LogP contribution in [-0.4, -0.2) is 22.3 Å². The van der Waals surface area contributed by atoms with Gasteiger partial charge in [0.1, 0.15) is 0 Å². The number of carboxylic acids is 1. The number of hydrogen-bond donors (Lipinski definition) is 2. The molecule has 0 radical (unpaired) electrons. The first-order valence-electron chi connectivity index (χ1n) is 4.71. The Labute approximate surface area is 78.1 Å². The summed E-state index contributed by atoms with van der Waals surface area (Å²) in [6.07, 6.45) is 5.19. The van der Waals surface area contributed by atoms with Gasteiger partial charge < -0.3 is 10.2 Å². The van der Waals surface area contributed by atoms with E-state index in [1.54, 1.807) is 13.0 Å². The molecule has 0 bridgehead atoms. The lowest BCUT2D eigenvalue weighted by atomic mass is 9.85. The smallest absolute Gasteiger partial charge is 0.330 e. The normalized spacial score (nSPS) is 30.2. The van der Waals surface area contributed by atoms with Crippen molar-refractivity contribution >= 4 is 5.97 Å². The van der Waals surface area contributed by atoms with Gasteiger partial charge in [0.25, 0.3) is 0 Å². The zero-order valence-corrected chi connectivity index (χ0v) is 7.86. The minimum Gasteiger partial charge on any atom is -0.478 e. The number of carbonyl (C=O) groups is 1. The Balaban J connectivity index is 2.60. The van der Waals surface area contributed by atoms with Gasteiger partial charge in [-0.05, 0) is 19.8 Å². The topological polar surface area (TPSA) is 57.5 Å². The maximum absolute atomic E-state index is 10.5. The van der Waals surface area contributed by atoms with Crippen molar-refractivity contribution in [3.8, 4) is 0 Å². The maximum atomic E-state index is 10.5. The highest BCUT2D eigenvalue weighted by molar-refractivity contribution is 5.85. The molecule has 13 heavy (non-hydrogen) atoms. The second-order valence-corrected chi connectivity index (χ2v) is 3.67. The Bertz CT molecular complexity index is 220. The van der Waals surface area contributed by atoms with Crippen molar-refractivity contribution < 1.29 is 15.0 Å². The van der Waals surface area contributed by atoms with Crippen molar-refractivity contribution in [3.63, 3.8) is 0 Å². The van der Waals surface area contributed by atoms with E-state index >= 15 is 0 Å². The molecule has 0 aromatic carbocycles. The fraction of sp³-hybridized carbons (Fsp3) is 0.700. The molecule has 0 aromatic heterocycles. The van der Waals surface area contributed by atoms with Crippen molar-refractivity contribution in [2.24, 2.45) is 5.92 Å². The molecule has 0 spiro atoms. The summed E-state index contributed by atoms with van der Waals surface area (Å²) in [4.78, 5) is 10.5. The van der Waals surface area contributed by atoms with Gasteiger partial charge in [-0.25, -0.2) is 4.79 Å². The second-order valence-electron chi connectivity index (χ2n) is 3.67. The summed E-state index contributed by atoms with van der Waals surface area (Å²) < 4.78 is 0. The Hall–Kier alpha value is -0.830. The van der Waals surface area contributed by atoms with Crippen LogP contribution in [0.25, 0.3) is 0 Å². The zero-order chi connectivity index (χ0) is 9.84. The van der Waals surface area contributed by atoms with E-state index < -0.39 is 5.97 Å². The molecule has 0 amide bonds.